The molecule has 0 N–H and O–H groups in total. The second kappa shape index (κ2) is 6.08. The van der Waals surface area contributed by atoms with E-state index in [1.807, 2.05) is 0 Å². The van der Waals surface area contributed by atoms with E-state index in [0.717, 1.165) is 24.2 Å². The fourth-order valence-electron chi connectivity index (χ4n) is 4.73. The number of aryl methyl sites for hydroxylation is 1. The highest BCUT2D eigenvalue weighted by Gasteiger charge is 2.36. The van der Waals surface area contributed by atoms with E-state index >= 15 is 0 Å². The summed E-state index contributed by atoms with van der Waals surface area (Å²) in [6.45, 7) is 8.43. The second-order valence-electron chi connectivity index (χ2n) is 7.31. The van der Waals surface area contributed by atoms with Crippen molar-refractivity contribution in [3.05, 3.63) is 42.0 Å². The van der Waals surface area contributed by atoms with Gasteiger partial charge in [0.2, 0.25) is 0 Å². The molecule has 1 saturated carbocycles. The van der Waals surface area contributed by atoms with Crippen molar-refractivity contribution < 1.29 is 0 Å². The number of anilines is 1. The number of allylic oxidation sites excluding steroid dienone is 2. The zero-order chi connectivity index (χ0) is 14.9. The van der Waals surface area contributed by atoms with Gasteiger partial charge in [0.25, 0.3) is 0 Å². The summed E-state index contributed by atoms with van der Waals surface area (Å²) in [5, 5.41) is 0. The SMILES string of the molecule is CCc1ccccc1N1CCN(CC2CC3C=CC2C3)CC1. The van der Waals surface area contributed by atoms with Crippen molar-refractivity contribution in [1.29, 1.82) is 0 Å². The van der Waals surface area contributed by atoms with Crippen molar-refractivity contribution in [1.82, 2.24) is 4.90 Å². The van der Waals surface area contributed by atoms with Crippen LogP contribution < -0.4 is 4.90 Å². The lowest BCUT2D eigenvalue weighted by molar-refractivity contribution is 0.204. The summed E-state index contributed by atoms with van der Waals surface area (Å²) in [5.74, 6) is 2.74. The predicted molar refractivity (Wildman–Crippen MR) is 93.3 cm³/mol. The Labute approximate surface area is 134 Å². The van der Waals surface area contributed by atoms with E-state index in [1.165, 1.54) is 56.8 Å². The third kappa shape index (κ3) is 2.69. The van der Waals surface area contributed by atoms with Gasteiger partial charge in [-0.3, -0.25) is 4.90 Å². The molecule has 118 valence electrons. The first kappa shape index (κ1) is 14.3. The molecule has 3 aliphatic rings. The van der Waals surface area contributed by atoms with E-state index in [2.05, 4.69) is 53.1 Å². The molecule has 0 spiro atoms. The van der Waals surface area contributed by atoms with Gasteiger partial charge in [-0.25, -0.2) is 0 Å². The van der Waals surface area contributed by atoms with Crippen LogP contribution in [-0.2, 0) is 6.42 Å². The number of para-hydroxylation sites is 1. The van der Waals surface area contributed by atoms with Gasteiger partial charge in [0.05, 0.1) is 0 Å². The topological polar surface area (TPSA) is 6.48 Å². The first-order valence-corrected chi connectivity index (χ1v) is 9.07. The Kier molecular flexibility index (Phi) is 3.96. The fraction of sp³-hybridized carbons (Fsp3) is 0.600. The van der Waals surface area contributed by atoms with E-state index < -0.39 is 0 Å². The maximum absolute atomic E-state index is 2.71. The van der Waals surface area contributed by atoms with Crippen LogP contribution in [0, 0.1) is 17.8 Å². The van der Waals surface area contributed by atoms with Gasteiger partial charge in [0.15, 0.2) is 0 Å². The van der Waals surface area contributed by atoms with Crippen molar-refractivity contribution in [2.24, 2.45) is 17.8 Å². The van der Waals surface area contributed by atoms with Crippen LogP contribution in [0.1, 0.15) is 25.3 Å². The van der Waals surface area contributed by atoms with Gasteiger partial charge in [-0.2, -0.15) is 0 Å². The molecule has 2 nitrogen and oxygen atoms in total. The summed E-state index contributed by atoms with van der Waals surface area (Å²) < 4.78 is 0. The Hall–Kier alpha value is -1.28. The summed E-state index contributed by atoms with van der Waals surface area (Å²) >= 11 is 0. The number of fused-ring (bicyclic) bond motifs is 2. The van der Waals surface area contributed by atoms with E-state index in [-0.39, 0.29) is 0 Å². The molecule has 22 heavy (non-hydrogen) atoms. The van der Waals surface area contributed by atoms with Crippen molar-refractivity contribution >= 4 is 5.69 Å². The molecule has 2 fully saturated rings. The molecule has 1 saturated heterocycles. The summed E-state index contributed by atoms with van der Waals surface area (Å²) in [7, 11) is 0. The standard InChI is InChI=1S/C20H28N2/c1-2-17-5-3-4-6-20(17)22-11-9-21(10-12-22)15-19-14-16-7-8-18(19)13-16/h3-8,16,18-19H,2,9-15H2,1H3. The smallest absolute Gasteiger partial charge is 0.0399 e. The summed E-state index contributed by atoms with van der Waals surface area (Å²) in [4.78, 5) is 5.31. The average Bonchev–Trinajstić information content (AvgIpc) is 3.18. The Morgan fingerprint density at radius 1 is 1.00 bits per heavy atom. The summed E-state index contributed by atoms with van der Waals surface area (Å²) in [6, 6.07) is 8.93. The van der Waals surface area contributed by atoms with Crippen molar-refractivity contribution in [2.75, 3.05) is 37.6 Å². The lowest BCUT2D eigenvalue weighted by Gasteiger charge is -2.38. The average molecular weight is 296 g/mol. The van der Waals surface area contributed by atoms with E-state index in [0.29, 0.717) is 0 Å². The predicted octanol–water partition coefficient (Wildman–Crippen LogP) is 3.58. The molecule has 3 atom stereocenters. The quantitative estimate of drug-likeness (QED) is 0.784. The minimum atomic E-state index is 0.892. The van der Waals surface area contributed by atoms with Crippen LogP contribution in [0.2, 0.25) is 0 Å². The molecule has 2 aliphatic carbocycles. The van der Waals surface area contributed by atoms with Gasteiger partial charge in [0.1, 0.15) is 0 Å². The second-order valence-corrected chi connectivity index (χ2v) is 7.31. The Morgan fingerprint density at radius 3 is 2.50 bits per heavy atom. The van der Waals surface area contributed by atoms with Crippen LogP contribution in [0.5, 0.6) is 0 Å². The van der Waals surface area contributed by atoms with Crippen LogP contribution in [0.15, 0.2) is 36.4 Å². The summed E-state index contributed by atoms with van der Waals surface area (Å²) in [6.07, 6.45) is 8.97. The van der Waals surface area contributed by atoms with Gasteiger partial charge in [0, 0.05) is 38.4 Å². The third-order valence-corrected chi connectivity index (χ3v) is 5.99. The van der Waals surface area contributed by atoms with Crippen LogP contribution in [-0.4, -0.2) is 37.6 Å². The molecular formula is C20H28N2. The van der Waals surface area contributed by atoms with Crippen LogP contribution >= 0.6 is 0 Å². The first-order valence-electron chi connectivity index (χ1n) is 9.07. The molecule has 4 rings (SSSR count). The molecule has 1 aromatic rings. The molecule has 1 heterocycles. The summed E-state index contributed by atoms with van der Waals surface area (Å²) in [5.41, 5.74) is 2.96. The number of nitrogens with zero attached hydrogens (tertiary/aromatic N) is 2. The zero-order valence-electron chi connectivity index (χ0n) is 13.7. The number of rotatable bonds is 4. The molecule has 0 amide bonds. The van der Waals surface area contributed by atoms with E-state index in [9.17, 15) is 0 Å². The zero-order valence-corrected chi connectivity index (χ0v) is 13.7. The van der Waals surface area contributed by atoms with Crippen molar-refractivity contribution in [3.8, 4) is 0 Å². The highest BCUT2D eigenvalue weighted by atomic mass is 15.3. The highest BCUT2D eigenvalue weighted by Crippen LogP contribution is 2.43. The molecule has 3 unspecified atom stereocenters. The minimum Gasteiger partial charge on any atom is -0.369 e. The monoisotopic (exact) mass is 296 g/mol. The molecule has 2 heteroatoms. The maximum atomic E-state index is 2.71. The van der Waals surface area contributed by atoms with Crippen molar-refractivity contribution in [2.45, 2.75) is 26.2 Å². The molecule has 1 aliphatic heterocycles. The first-order chi connectivity index (χ1) is 10.8. The van der Waals surface area contributed by atoms with Crippen LogP contribution in [0.3, 0.4) is 0 Å². The molecule has 2 bridgehead atoms. The van der Waals surface area contributed by atoms with Gasteiger partial charge < -0.3 is 4.90 Å². The Bertz CT molecular complexity index is 542. The third-order valence-electron chi connectivity index (χ3n) is 5.99. The Morgan fingerprint density at radius 2 is 1.82 bits per heavy atom. The lowest BCUT2D eigenvalue weighted by atomic mass is 9.93. The lowest BCUT2D eigenvalue weighted by Crippen LogP contribution is -2.48. The Balaban J connectivity index is 1.34. The normalized spacial score (nSPS) is 31.1. The number of hydrogen-bond donors (Lipinski definition) is 0. The van der Waals surface area contributed by atoms with Crippen molar-refractivity contribution in [3.63, 3.8) is 0 Å². The molecular weight excluding hydrogens is 268 g/mol. The molecule has 1 aromatic carbocycles. The molecule has 0 radical (unpaired) electrons. The molecule has 0 aromatic heterocycles. The van der Waals surface area contributed by atoms with Crippen LogP contribution in [0.4, 0.5) is 5.69 Å². The minimum absolute atomic E-state index is 0.892. The number of hydrogen-bond acceptors (Lipinski definition) is 2. The van der Waals surface area contributed by atoms with Crippen LogP contribution in [0.25, 0.3) is 0 Å². The van der Waals surface area contributed by atoms with E-state index in [4.69, 9.17) is 0 Å². The number of piperazine rings is 1. The van der Waals surface area contributed by atoms with E-state index in [1.54, 1.807) is 0 Å². The fourth-order valence-corrected chi connectivity index (χ4v) is 4.73. The number of benzene rings is 1. The van der Waals surface area contributed by atoms with Gasteiger partial charge >= 0.3 is 0 Å². The highest BCUT2D eigenvalue weighted by molar-refractivity contribution is 5.54. The van der Waals surface area contributed by atoms with Gasteiger partial charge in [-0.15, -0.1) is 0 Å². The van der Waals surface area contributed by atoms with Gasteiger partial charge in [-0.1, -0.05) is 37.3 Å². The largest absolute Gasteiger partial charge is 0.369 e. The van der Waals surface area contributed by atoms with Gasteiger partial charge in [-0.05, 0) is 48.6 Å². The maximum Gasteiger partial charge on any atom is 0.0399 e.